The maximum Gasteiger partial charge on any atom is 0.329 e. The van der Waals surface area contributed by atoms with Crippen LogP contribution >= 0.6 is 11.6 Å². The highest BCUT2D eigenvalue weighted by Crippen LogP contribution is 2.28. The summed E-state index contributed by atoms with van der Waals surface area (Å²) in [6.07, 6.45) is 1.16. The van der Waals surface area contributed by atoms with Crippen molar-refractivity contribution >= 4 is 52.8 Å². The number of carbonyl (C=O) groups excluding carboxylic acids is 4. The molecule has 0 unspecified atom stereocenters. The van der Waals surface area contributed by atoms with Gasteiger partial charge in [0, 0.05) is 16.8 Å². The number of nitrogens with zero attached hydrogens (tertiary/aromatic N) is 1. The molecule has 4 amide bonds. The molecule has 0 bridgehead atoms. The molecular weight excluding hydrogens is 506 g/mol. The van der Waals surface area contributed by atoms with Crippen molar-refractivity contribution in [1.82, 2.24) is 10.7 Å². The van der Waals surface area contributed by atoms with Gasteiger partial charge in [-0.3, -0.25) is 19.2 Å². The molecule has 0 saturated heterocycles. The second kappa shape index (κ2) is 12.7. The summed E-state index contributed by atoms with van der Waals surface area (Å²) in [4.78, 5) is 48.2. The van der Waals surface area contributed by atoms with E-state index in [4.69, 9.17) is 25.5 Å². The Balaban J connectivity index is 1.47. The van der Waals surface area contributed by atoms with Gasteiger partial charge < -0.3 is 29.8 Å². The zero-order valence-corrected chi connectivity index (χ0v) is 20.4. The molecule has 192 valence electrons. The lowest BCUT2D eigenvalue weighted by Crippen LogP contribution is -2.34. The molecule has 4 N–H and O–H groups in total. The lowest BCUT2D eigenvalue weighted by molar-refractivity contribution is -0.136. The summed E-state index contributed by atoms with van der Waals surface area (Å²) in [5.74, 6) is -2.43. The molecule has 3 rings (SSSR count). The van der Waals surface area contributed by atoms with Crippen LogP contribution in [0.4, 0.5) is 11.4 Å². The largest absolute Gasteiger partial charge is 0.497 e. The Labute approximate surface area is 216 Å². The van der Waals surface area contributed by atoms with Gasteiger partial charge in [-0.1, -0.05) is 17.7 Å². The van der Waals surface area contributed by atoms with Crippen molar-refractivity contribution in [2.24, 2.45) is 5.10 Å². The highest BCUT2D eigenvalue weighted by molar-refractivity contribution is 6.40. The number of halogens is 1. The van der Waals surface area contributed by atoms with Crippen LogP contribution in [0.1, 0.15) is 11.5 Å². The van der Waals surface area contributed by atoms with E-state index in [0.29, 0.717) is 28.0 Å². The normalized spacial score (nSPS) is 10.5. The zero-order chi connectivity index (χ0) is 26.8. The molecule has 12 nitrogen and oxygen atoms in total. The van der Waals surface area contributed by atoms with Crippen molar-refractivity contribution < 1.29 is 33.1 Å². The first-order valence-corrected chi connectivity index (χ1v) is 11.0. The average molecular weight is 528 g/mol. The Bertz CT molecular complexity index is 1340. The first-order valence-electron chi connectivity index (χ1n) is 10.6. The summed E-state index contributed by atoms with van der Waals surface area (Å²) in [5.41, 5.74) is 2.69. The minimum Gasteiger partial charge on any atom is -0.497 e. The van der Waals surface area contributed by atoms with E-state index in [9.17, 15) is 19.2 Å². The predicted octanol–water partition coefficient (Wildman–Crippen LogP) is 2.29. The van der Waals surface area contributed by atoms with Crippen LogP contribution in [0.2, 0.25) is 5.02 Å². The quantitative estimate of drug-likeness (QED) is 0.198. The number of ether oxygens (including phenoxy) is 2. The summed E-state index contributed by atoms with van der Waals surface area (Å²) in [6, 6.07) is 14.1. The van der Waals surface area contributed by atoms with Crippen molar-refractivity contribution in [2.75, 3.05) is 24.9 Å². The highest BCUT2D eigenvalue weighted by atomic mass is 35.5. The van der Waals surface area contributed by atoms with Gasteiger partial charge in [0.2, 0.25) is 0 Å². The molecule has 37 heavy (non-hydrogen) atoms. The maximum absolute atomic E-state index is 12.2. The number of nitrogens with one attached hydrogen (secondary N) is 4. The van der Waals surface area contributed by atoms with Crippen molar-refractivity contribution in [2.45, 2.75) is 6.54 Å². The molecule has 1 heterocycles. The summed E-state index contributed by atoms with van der Waals surface area (Å²) in [6.45, 7) is -0.0766. The van der Waals surface area contributed by atoms with Gasteiger partial charge in [-0.2, -0.15) is 5.10 Å². The van der Waals surface area contributed by atoms with Crippen LogP contribution in [0.15, 0.2) is 64.1 Å². The van der Waals surface area contributed by atoms with Gasteiger partial charge in [-0.15, -0.1) is 0 Å². The number of anilines is 2. The number of hydrogen-bond donors (Lipinski definition) is 4. The van der Waals surface area contributed by atoms with E-state index < -0.39 is 23.6 Å². The minimum absolute atomic E-state index is 0.0766. The van der Waals surface area contributed by atoms with E-state index in [0.717, 1.165) is 6.21 Å². The molecular formula is C24H22ClN5O7. The van der Waals surface area contributed by atoms with E-state index in [1.165, 1.54) is 32.4 Å². The topological polar surface area (TPSA) is 160 Å². The van der Waals surface area contributed by atoms with Gasteiger partial charge in [0.25, 0.3) is 0 Å². The van der Waals surface area contributed by atoms with Crippen LogP contribution in [0.25, 0.3) is 0 Å². The molecule has 0 aliphatic heterocycles. The molecule has 0 fully saturated rings. The second-order valence-electron chi connectivity index (χ2n) is 7.17. The summed E-state index contributed by atoms with van der Waals surface area (Å²) < 4.78 is 15.7. The van der Waals surface area contributed by atoms with Crippen LogP contribution in [0, 0.1) is 0 Å². The third-order valence-corrected chi connectivity index (χ3v) is 4.85. The second-order valence-corrected chi connectivity index (χ2v) is 7.61. The molecule has 3 aromatic rings. The van der Waals surface area contributed by atoms with Crippen molar-refractivity contribution in [1.29, 1.82) is 0 Å². The van der Waals surface area contributed by atoms with E-state index in [2.05, 4.69) is 26.5 Å². The molecule has 0 saturated carbocycles. The maximum atomic E-state index is 12.2. The van der Waals surface area contributed by atoms with Gasteiger partial charge in [0.05, 0.1) is 32.7 Å². The minimum atomic E-state index is -1.04. The zero-order valence-electron chi connectivity index (χ0n) is 19.7. The van der Waals surface area contributed by atoms with E-state index >= 15 is 0 Å². The van der Waals surface area contributed by atoms with Gasteiger partial charge >= 0.3 is 23.6 Å². The molecule has 0 spiro atoms. The first-order chi connectivity index (χ1) is 17.8. The number of carbonyl (C=O) groups is 4. The molecule has 13 heteroatoms. The lowest BCUT2D eigenvalue weighted by atomic mass is 10.2. The molecule has 0 atom stereocenters. The van der Waals surface area contributed by atoms with Crippen molar-refractivity contribution in [3.05, 3.63) is 71.1 Å². The molecule has 0 aliphatic rings. The van der Waals surface area contributed by atoms with Crippen LogP contribution in [-0.4, -0.2) is 44.1 Å². The Kier molecular flexibility index (Phi) is 9.22. The number of hydrazone groups is 1. The summed E-state index contributed by atoms with van der Waals surface area (Å²) in [7, 11) is 2.88. The number of methoxy groups -OCH3 is 2. The lowest BCUT2D eigenvalue weighted by Gasteiger charge is -2.10. The van der Waals surface area contributed by atoms with E-state index in [-0.39, 0.29) is 18.0 Å². The fourth-order valence-electron chi connectivity index (χ4n) is 2.86. The molecule has 1 aromatic heterocycles. The highest BCUT2D eigenvalue weighted by Gasteiger charge is 2.17. The van der Waals surface area contributed by atoms with Gasteiger partial charge in [-0.25, -0.2) is 5.43 Å². The Morgan fingerprint density at radius 2 is 1.70 bits per heavy atom. The number of benzene rings is 2. The number of rotatable bonds is 8. The van der Waals surface area contributed by atoms with E-state index in [1.54, 1.807) is 36.4 Å². The van der Waals surface area contributed by atoms with Gasteiger partial charge in [0.15, 0.2) is 0 Å². The predicted molar refractivity (Wildman–Crippen MR) is 135 cm³/mol. The number of furan rings is 1. The van der Waals surface area contributed by atoms with Crippen molar-refractivity contribution in [3.63, 3.8) is 0 Å². The molecule has 0 aliphatic carbocycles. The van der Waals surface area contributed by atoms with Crippen LogP contribution in [0.3, 0.4) is 0 Å². The summed E-state index contributed by atoms with van der Waals surface area (Å²) >= 11 is 5.85. The van der Waals surface area contributed by atoms with Crippen LogP contribution < -0.4 is 30.8 Å². The molecule has 2 aromatic carbocycles. The Hall–Kier alpha value is -4.84. The number of amides is 4. The number of hydrogen-bond acceptors (Lipinski definition) is 8. The standard InChI is InChI=1S/C24H22ClN5O7/c1-35-16-8-9-20(36-2)19(11-16)29-23(33)24(34)30-27-13-18-7-6-17(37-18)12-26-21(31)22(32)28-15-5-3-4-14(25)10-15/h3-11,13H,12H2,1-2H3,(H,26,31)(H,28,32)(H,29,33)(H,30,34)/b27-13+. The Morgan fingerprint density at radius 3 is 2.43 bits per heavy atom. The van der Waals surface area contributed by atoms with Gasteiger partial charge in [-0.05, 0) is 42.5 Å². The van der Waals surface area contributed by atoms with Crippen LogP contribution in [0.5, 0.6) is 11.5 Å². The SMILES string of the molecule is COc1ccc(OC)c(NC(=O)C(=O)N/N=C/c2ccc(CNC(=O)C(=O)Nc3cccc(Cl)c3)o2)c1. The Morgan fingerprint density at radius 1 is 0.919 bits per heavy atom. The monoisotopic (exact) mass is 527 g/mol. The first kappa shape index (κ1) is 26.8. The molecule has 0 radical (unpaired) electrons. The fourth-order valence-corrected chi connectivity index (χ4v) is 3.05. The third kappa shape index (κ3) is 7.83. The fraction of sp³-hybridized carbons (Fsp3) is 0.125. The summed E-state index contributed by atoms with van der Waals surface area (Å²) in [5, 5.41) is 11.3. The van der Waals surface area contributed by atoms with Crippen molar-refractivity contribution in [3.8, 4) is 11.5 Å². The average Bonchev–Trinajstić information content (AvgIpc) is 3.34. The third-order valence-electron chi connectivity index (χ3n) is 4.61. The smallest absolute Gasteiger partial charge is 0.329 e. The van der Waals surface area contributed by atoms with Crippen LogP contribution in [-0.2, 0) is 25.7 Å². The van der Waals surface area contributed by atoms with E-state index in [1.807, 2.05) is 0 Å². The van der Waals surface area contributed by atoms with Gasteiger partial charge in [0.1, 0.15) is 23.0 Å².